The quantitative estimate of drug-likeness (QED) is 0.756. The van der Waals surface area contributed by atoms with Gasteiger partial charge in [0.2, 0.25) is 0 Å². The topological polar surface area (TPSA) is 38.0 Å². The van der Waals surface area contributed by atoms with Crippen molar-refractivity contribution in [2.75, 3.05) is 0 Å². The van der Waals surface area contributed by atoms with Crippen LogP contribution in [-0.4, -0.2) is 14.9 Å². The lowest BCUT2D eigenvalue weighted by molar-refractivity contribution is 0.475. The minimum Gasteiger partial charge on any atom is -0.508 e. The summed E-state index contributed by atoms with van der Waals surface area (Å²) in [6, 6.07) is 11.2. The van der Waals surface area contributed by atoms with E-state index >= 15 is 0 Å². The highest BCUT2D eigenvalue weighted by atomic mass is 35.5. The number of nitrogens with zero attached hydrogens (tertiary/aromatic N) is 2. The van der Waals surface area contributed by atoms with Gasteiger partial charge in [-0.05, 0) is 43.2 Å². The molecule has 1 N–H and O–H groups in total. The van der Waals surface area contributed by atoms with Crippen molar-refractivity contribution in [1.29, 1.82) is 0 Å². The molecule has 0 radical (unpaired) electrons. The SMILES string of the molecule is CCCn1nc(-c2ccc(O)cc2C)c2cccc(Cl)c21. The van der Waals surface area contributed by atoms with Crippen LogP contribution in [0.1, 0.15) is 18.9 Å². The van der Waals surface area contributed by atoms with E-state index in [1.165, 1.54) is 0 Å². The Morgan fingerprint density at radius 1 is 1.24 bits per heavy atom. The molecule has 21 heavy (non-hydrogen) atoms. The number of hydrogen-bond acceptors (Lipinski definition) is 2. The van der Waals surface area contributed by atoms with Crippen LogP contribution in [0.2, 0.25) is 5.02 Å². The number of aromatic hydroxyl groups is 1. The summed E-state index contributed by atoms with van der Waals surface area (Å²) in [7, 11) is 0. The first-order valence-corrected chi connectivity index (χ1v) is 7.44. The first-order valence-electron chi connectivity index (χ1n) is 7.07. The highest BCUT2D eigenvalue weighted by Gasteiger charge is 2.15. The van der Waals surface area contributed by atoms with Gasteiger partial charge in [0.15, 0.2) is 0 Å². The Bertz CT molecular complexity index is 808. The van der Waals surface area contributed by atoms with Crippen molar-refractivity contribution in [2.45, 2.75) is 26.8 Å². The molecule has 0 saturated carbocycles. The summed E-state index contributed by atoms with van der Waals surface area (Å²) in [6.07, 6.45) is 0.996. The number of fused-ring (bicyclic) bond motifs is 1. The predicted octanol–water partition coefficient (Wildman–Crippen LogP) is 4.78. The Balaban J connectivity index is 2.30. The third kappa shape index (κ3) is 2.38. The predicted molar refractivity (Wildman–Crippen MR) is 86.9 cm³/mol. The lowest BCUT2D eigenvalue weighted by atomic mass is 10.0. The highest BCUT2D eigenvalue weighted by Crippen LogP contribution is 2.34. The molecule has 0 spiro atoms. The largest absolute Gasteiger partial charge is 0.508 e. The van der Waals surface area contributed by atoms with Gasteiger partial charge in [-0.1, -0.05) is 30.7 Å². The van der Waals surface area contributed by atoms with Gasteiger partial charge < -0.3 is 5.11 Å². The number of rotatable bonds is 3. The number of hydrogen-bond donors (Lipinski definition) is 1. The van der Waals surface area contributed by atoms with Crippen LogP contribution < -0.4 is 0 Å². The van der Waals surface area contributed by atoms with Crippen LogP contribution in [0.15, 0.2) is 36.4 Å². The number of aryl methyl sites for hydroxylation is 2. The molecule has 3 rings (SSSR count). The van der Waals surface area contributed by atoms with E-state index in [-0.39, 0.29) is 5.75 Å². The average molecular weight is 301 g/mol. The fraction of sp³-hybridized carbons (Fsp3) is 0.235. The molecule has 0 aliphatic carbocycles. The maximum Gasteiger partial charge on any atom is 0.115 e. The summed E-state index contributed by atoms with van der Waals surface area (Å²) >= 11 is 6.36. The van der Waals surface area contributed by atoms with Crippen LogP contribution in [-0.2, 0) is 6.54 Å². The molecule has 2 aromatic carbocycles. The third-order valence-corrected chi connectivity index (χ3v) is 3.93. The van der Waals surface area contributed by atoms with Crippen molar-refractivity contribution in [3.05, 3.63) is 47.0 Å². The summed E-state index contributed by atoms with van der Waals surface area (Å²) in [5.74, 6) is 0.270. The monoisotopic (exact) mass is 300 g/mol. The molecule has 0 fully saturated rings. The van der Waals surface area contributed by atoms with E-state index in [0.29, 0.717) is 0 Å². The van der Waals surface area contributed by atoms with E-state index in [1.54, 1.807) is 12.1 Å². The first-order chi connectivity index (χ1) is 10.1. The van der Waals surface area contributed by atoms with Gasteiger partial charge in [-0.15, -0.1) is 0 Å². The summed E-state index contributed by atoms with van der Waals surface area (Å²) in [4.78, 5) is 0. The number of halogens is 1. The maximum absolute atomic E-state index is 9.58. The fourth-order valence-corrected chi connectivity index (χ4v) is 2.95. The summed E-state index contributed by atoms with van der Waals surface area (Å²) in [6.45, 7) is 4.93. The maximum atomic E-state index is 9.58. The lowest BCUT2D eigenvalue weighted by Crippen LogP contribution is -1.99. The van der Waals surface area contributed by atoms with Crippen LogP contribution in [0.5, 0.6) is 5.75 Å². The van der Waals surface area contributed by atoms with Gasteiger partial charge in [0, 0.05) is 17.5 Å². The number of phenols is 1. The Kier molecular flexibility index (Phi) is 3.60. The van der Waals surface area contributed by atoms with Crippen LogP contribution in [0.4, 0.5) is 0 Å². The fourth-order valence-electron chi connectivity index (χ4n) is 2.68. The minimum atomic E-state index is 0.270. The molecular formula is C17H17ClN2O. The minimum absolute atomic E-state index is 0.270. The van der Waals surface area contributed by atoms with E-state index in [4.69, 9.17) is 16.7 Å². The van der Waals surface area contributed by atoms with Crippen molar-refractivity contribution in [2.24, 2.45) is 0 Å². The zero-order valence-electron chi connectivity index (χ0n) is 12.1. The number of phenolic OH excluding ortho intramolecular Hbond substituents is 1. The van der Waals surface area contributed by atoms with Crippen molar-refractivity contribution in [1.82, 2.24) is 9.78 Å². The Morgan fingerprint density at radius 2 is 2.05 bits per heavy atom. The Labute approximate surface area is 128 Å². The second-order valence-electron chi connectivity index (χ2n) is 5.21. The van der Waals surface area contributed by atoms with Crippen molar-refractivity contribution in [3.8, 4) is 17.0 Å². The van der Waals surface area contributed by atoms with E-state index < -0.39 is 0 Å². The first kappa shape index (κ1) is 14.0. The zero-order chi connectivity index (χ0) is 15.0. The molecule has 0 aliphatic rings. The van der Waals surface area contributed by atoms with Gasteiger partial charge in [-0.2, -0.15) is 5.10 Å². The Morgan fingerprint density at radius 3 is 2.76 bits per heavy atom. The summed E-state index contributed by atoms with van der Waals surface area (Å²) < 4.78 is 1.97. The summed E-state index contributed by atoms with van der Waals surface area (Å²) in [5.41, 5.74) is 3.91. The van der Waals surface area contributed by atoms with Gasteiger partial charge >= 0.3 is 0 Å². The second kappa shape index (κ2) is 5.41. The number of benzene rings is 2. The molecule has 0 aliphatic heterocycles. The van der Waals surface area contributed by atoms with E-state index in [0.717, 1.165) is 45.7 Å². The molecular weight excluding hydrogens is 284 g/mol. The Hall–Kier alpha value is -2.00. The van der Waals surface area contributed by atoms with Crippen molar-refractivity contribution >= 4 is 22.5 Å². The normalized spacial score (nSPS) is 11.2. The smallest absolute Gasteiger partial charge is 0.115 e. The molecule has 0 saturated heterocycles. The van der Waals surface area contributed by atoms with Crippen LogP contribution in [0.3, 0.4) is 0 Å². The molecule has 0 atom stereocenters. The van der Waals surface area contributed by atoms with E-state index in [1.807, 2.05) is 35.9 Å². The van der Waals surface area contributed by atoms with Crippen LogP contribution >= 0.6 is 11.6 Å². The molecule has 0 amide bonds. The third-order valence-electron chi connectivity index (χ3n) is 3.62. The van der Waals surface area contributed by atoms with Gasteiger partial charge in [-0.3, -0.25) is 4.68 Å². The van der Waals surface area contributed by atoms with Crippen LogP contribution in [0, 0.1) is 6.92 Å². The van der Waals surface area contributed by atoms with Crippen molar-refractivity contribution < 1.29 is 5.11 Å². The molecule has 108 valence electrons. The molecule has 4 heteroatoms. The van der Waals surface area contributed by atoms with Gasteiger partial charge in [0.25, 0.3) is 0 Å². The second-order valence-corrected chi connectivity index (χ2v) is 5.61. The van der Waals surface area contributed by atoms with E-state index in [2.05, 4.69) is 6.92 Å². The molecule has 3 nitrogen and oxygen atoms in total. The molecule has 1 aromatic heterocycles. The van der Waals surface area contributed by atoms with Gasteiger partial charge in [-0.25, -0.2) is 0 Å². The standard InChI is InChI=1S/C17H17ClN2O/c1-3-9-20-17-14(5-4-6-15(17)18)16(19-20)13-8-7-12(21)10-11(13)2/h4-8,10,21H,3,9H2,1-2H3. The lowest BCUT2D eigenvalue weighted by Gasteiger charge is -2.04. The highest BCUT2D eigenvalue weighted by molar-refractivity contribution is 6.35. The van der Waals surface area contributed by atoms with Crippen molar-refractivity contribution in [3.63, 3.8) is 0 Å². The number of para-hydroxylation sites is 1. The molecule has 1 heterocycles. The number of aromatic nitrogens is 2. The van der Waals surface area contributed by atoms with Gasteiger partial charge in [0.1, 0.15) is 11.4 Å². The molecule has 3 aromatic rings. The van der Waals surface area contributed by atoms with Gasteiger partial charge in [0.05, 0.1) is 10.5 Å². The molecule has 0 bridgehead atoms. The average Bonchev–Trinajstić information content (AvgIpc) is 2.79. The summed E-state index contributed by atoms with van der Waals surface area (Å²) in [5, 5.41) is 16.1. The van der Waals surface area contributed by atoms with Crippen LogP contribution in [0.25, 0.3) is 22.2 Å². The van der Waals surface area contributed by atoms with E-state index in [9.17, 15) is 5.11 Å². The zero-order valence-corrected chi connectivity index (χ0v) is 12.9. The molecule has 0 unspecified atom stereocenters.